The zero-order valence-corrected chi connectivity index (χ0v) is 12.2. The second-order valence-electron chi connectivity index (χ2n) is 6.06. The summed E-state index contributed by atoms with van der Waals surface area (Å²) < 4.78 is 12.0. The lowest BCUT2D eigenvalue weighted by atomic mass is 9.78. The van der Waals surface area contributed by atoms with Crippen molar-refractivity contribution in [2.45, 2.75) is 51.9 Å². The van der Waals surface area contributed by atoms with Crippen LogP contribution in [0.15, 0.2) is 24.3 Å². The summed E-state index contributed by atoms with van der Waals surface area (Å²) in [5.41, 5.74) is 1.38. The smallest absolute Gasteiger partial charge is 0.399 e. The van der Waals surface area contributed by atoms with E-state index in [0.717, 1.165) is 11.0 Å². The molecule has 1 aliphatic rings. The molecule has 1 unspecified atom stereocenters. The Morgan fingerprint density at radius 3 is 1.95 bits per heavy atom. The van der Waals surface area contributed by atoms with Crippen LogP contribution in [0.1, 0.15) is 46.2 Å². The summed E-state index contributed by atoms with van der Waals surface area (Å²) in [7, 11) is -0.331. The molecule has 0 aromatic heterocycles. The number of benzene rings is 1. The zero-order chi connectivity index (χ0) is 14.3. The van der Waals surface area contributed by atoms with Gasteiger partial charge in [-0.25, -0.2) is 6.57 Å². The highest BCUT2D eigenvalue weighted by Gasteiger charge is 2.51. The first kappa shape index (κ1) is 14.1. The Labute approximate surface area is 115 Å². The van der Waals surface area contributed by atoms with E-state index in [0.29, 0.717) is 0 Å². The highest BCUT2D eigenvalue weighted by molar-refractivity contribution is 6.62. The van der Waals surface area contributed by atoms with E-state index in [-0.39, 0.29) is 24.4 Å². The Balaban J connectivity index is 2.19. The average molecular weight is 257 g/mol. The highest BCUT2D eigenvalue weighted by Crippen LogP contribution is 2.36. The van der Waals surface area contributed by atoms with Crippen LogP contribution < -0.4 is 5.46 Å². The van der Waals surface area contributed by atoms with E-state index in [1.807, 2.05) is 58.9 Å². The molecule has 1 aromatic carbocycles. The van der Waals surface area contributed by atoms with Gasteiger partial charge in [-0.1, -0.05) is 24.3 Å². The molecule has 2 rings (SSSR count). The predicted molar refractivity (Wildman–Crippen MR) is 77.2 cm³/mol. The molecule has 19 heavy (non-hydrogen) atoms. The van der Waals surface area contributed by atoms with E-state index < -0.39 is 0 Å². The molecule has 0 aliphatic carbocycles. The summed E-state index contributed by atoms with van der Waals surface area (Å²) in [6.45, 7) is 17.1. The summed E-state index contributed by atoms with van der Waals surface area (Å²) in [5.74, 6) is 0. The number of hydrogen-bond acceptors (Lipinski definition) is 2. The maximum Gasteiger partial charge on any atom is 0.494 e. The lowest BCUT2D eigenvalue weighted by Crippen LogP contribution is -2.41. The fourth-order valence-electron chi connectivity index (χ4n) is 1.99. The molecular weight excluding hydrogens is 237 g/mol. The normalized spacial score (nSPS) is 22.0. The third-order valence-corrected chi connectivity index (χ3v) is 4.14. The Morgan fingerprint density at radius 2 is 1.53 bits per heavy atom. The molecule has 100 valence electrons. The SMILES string of the molecule is [C-]#[N+]C(C)c1ccc(B2OC(C)(C)C(C)(C)O2)cc1. The Bertz CT molecular complexity index is 486. The molecule has 4 heteroatoms. The van der Waals surface area contributed by atoms with E-state index in [2.05, 4.69) is 4.85 Å². The minimum absolute atomic E-state index is 0.104. The molecule has 1 atom stereocenters. The minimum Gasteiger partial charge on any atom is -0.399 e. The van der Waals surface area contributed by atoms with Crippen molar-refractivity contribution < 1.29 is 9.31 Å². The van der Waals surface area contributed by atoms with Gasteiger partial charge in [-0.2, -0.15) is 0 Å². The van der Waals surface area contributed by atoms with Gasteiger partial charge < -0.3 is 14.2 Å². The standard InChI is InChI=1S/C15H20BNO2/c1-11(17-6)12-7-9-13(10-8-12)16-18-14(2,3)15(4,5)19-16/h7-11H,1-5H3. The molecule has 3 nitrogen and oxygen atoms in total. The molecule has 0 saturated carbocycles. The van der Waals surface area contributed by atoms with E-state index in [9.17, 15) is 0 Å². The van der Waals surface area contributed by atoms with Gasteiger partial charge in [-0.3, -0.25) is 0 Å². The third-order valence-electron chi connectivity index (χ3n) is 4.14. The van der Waals surface area contributed by atoms with Crippen LogP contribution in [0.25, 0.3) is 4.85 Å². The van der Waals surface area contributed by atoms with E-state index >= 15 is 0 Å². The second kappa shape index (κ2) is 4.66. The number of hydrogen-bond donors (Lipinski definition) is 0. The van der Waals surface area contributed by atoms with Crippen LogP contribution in [0, 0.1) is 6.57 Å². The largest absolute Gasteiger partial charge is 0.494 e. The third kappa shape index (κ3) is 2.54. The summed E-state index contributed by atoms with van der Waals surface area (Å²) in [5, 5.41) is 0. The van der Waals surface area contributed by atoms with Crippen molar-refractivity contribution in [1.82, 2.24) is 0 Å². The summed E-state index contributed by atoms with van der Waals surface area (Å²) in [4.78, 5) is 3.52. The van der Waals surface area contributed by atoms with Gasteiger partial charge >= 0.3 is 7.12 Å². The Kier molecular flexibility index (Phi) is 3.46. The van der Waals surface area contributed by atoms with Crippen LogP contribution in [-0.2, 0) is 9.31 Å². The van der Waals surface area contributed by atoms with Crippen molar-refractivity contribution >= 4 is 12.6 Å². The molecular formula is C15H20BNO2. The first-order valence-electron chi connectivity index (χ1n) is 6.59. The Hall–Kier alpha value is -1.31. The van der Waals surface area contributed by atoms with Crippen LogP contribution in [-0.4, -0.2) is 18.3 Å². The van der Waals surface area contributed by atoms with Gasteiger partial charge in [-0.15, -0.1) is 0 Å². The molecule has 1 heterocycles. The van der Waals surface area contributed by atoms with Gasteiger partial charge in [0.1, 0.15) is 0 Å². The van der Waals surface area contributed by atoms with Crippen molar-refractivity contribution in [2.75, 3.05) is 0 Å². The van der Waals surface area contributed by atoms with Crippen LogP contribution >= 0.6 is 0 Å². The van der Waals surface area contributed by atoms with E-state index in [1.54, 1.807) is 0 Å². The molecule has 0 N–H and O–H groups in total. The fraction of sp³-hybridized carbons (Fsp3) is 0.533. The van der Waals surface area contributed by atoms with Crippen molar-refractivity contribution in [3.05, 3.63) is 41.2 Å². The minimum atomic E-state index is -0.331. The average Bonchev–Trinajstić information content (AvgIpc) is 2.58. The van der Waals surface area contributed by atoms with E-state index in [4.69, 9.17) is 15.9 Å². The van der Waals surface area contributed by atoms with Gasteiger partial charge in [0, 0.05) is 12.5 Å². The Morgan fingerprint density at radius 1 is 1.05 bits per heavy atom. The molecule has 0 radical (unpaired) electrons. The monoisotopic (exact) mass is 257 g/mol. The quantitative estimate of drug-likeness (QED) is 0.600. The van der Waals surface area contributed by atoms with Crippen LogP contribution in [0.4, 0.5) is 0 Å². The first-order chi connectivity index (χ1) is 8.77. The topological polar surface area (TPSA) is 22.8 Å². The van der Waals surface area contributed by atoms with Crippen molar-refractivity contribution in [1.29, 1.82) is 0 Å². The molecule has 1 aromatic rings. The molecule has 0 amide bonds. The first-order valence-corrected chi connectivity index (χ1v) is 6.59. The molecule has 0 spiro atoms. The van der Waals surface area contributed by atoms with Gasteiger partial charge in [0.25, 0.3) is 0 Å². The molecule has 1 fully saturated rings. The lowest BCUT2D eigenvalue weighted by molar-refractivity contribution is 0.00578. The summed E-state index contributed by atoms with van der Waals surface area (Å²) in [6, 6.07) is 7.82. The fourth-order valence-corrected chi connectivity index (χ4v) is 1.99. The van der Waals surface area contributed by atoms with Crippen molar-refractivity contribution in [3.63, 3.8) is 0 Å². The molecule has 1 saturated heterocycles. The number of rotatable bonds is 2. The van der Waals surface area contributed by atoms with Crippen molar-refractivity contribution in [2.24, 2.45) is 0 Å². The van der Waals surface area contributed by atoms with Crippen LogP contribution in [0.3, 0.4) is 0 Å². The molecule has 0 bridgehead atoms. The predicted octanol–water partition coefficient (Wildman–Crippen LogP) is 2.97. The second-order valence-corrected chi connectivity index (χ2v) is 6.06. The van der Waals surface area contributed by atoms with Crippen LogP contribution in [0.2, 0.25) is 0 Å². The zero-order valence-electron chi connectivity index (χ0n) is 12.2. The maximum atomic E-state index is 7.05. The van der Waals surface area contributed by atoms with Gasteiger partial charge in [-0.05, 0) is 33.2 Å². The number of nitrogens with zero attached hydrogens (tertiary/aromatic N) is 1. The highest BCUT2D eigenvalue weighted by atomic mass is 16.7. The van der Waals surface area contributed by atoms with Gasteiger partial charge in [0.2, 0.25) is 6.04 Å². The molecule has 1 aliphatic heterocycles. The van der Waals surface area contributed by atoms with Crippen molar-refractivity contribution in [3.8, 4) is 0 Å². The van der Waals surface area contributed by atoms with E-state index in [1.165, 1.54) is 0 Å². The summed E-state index contributed by atoms with van der Waals surface area (Å²) >= 11 is 0. The van der Waals surface area contributed by atoms with Gasteiger partial charge in [0.15, 0.2) is 0 Å². The van der Waals surface area contributed by atoms with Crippen LogP contribution in [0.5, 0.6) is 0 Å². The summed E-state index contributed by atoms with van der Waals surface area (Å²) in [6.07, 6.45) is 0. The lowest BCUT2D eigenvalue weighted by Gasteiger charge is -2.32. The van der Waals surface area contributed by atoms with Gasteiger partial charge in [0.05, 0.1) is 11.2 Å². The maximum absolute atomic E-state index is 7.05.